The van der Waals surface area contributed by atoms with Crippen molar-refractivity contribution in [2.45, 2.75) is 57.5 Å². The summed E-state index contributed by atoms with van der Waals surface area (Å²) in [6, 6.07) is 27.3. The van der Waals surface area contributed by atoms with E-state index < -0.39 is 28.5 Å². The second-order valence-corrected chi connectivity index (χ2v) is 13.8. The molecule has 1 N–H and O–H groups in total. The van der Waals surface area contributed by atoms with Gasteiger partial charge in [0.1, 0.15) is 18.3 Å². The highest BCUT2D eigenvalue weighted by molar-refractivity contribution is 7.92. The molecule has 47 heavy (non-hydrogen) atoms. The predicted octanol–water partition coefficient (Wildman–Crippen LogP) is 6.72. The highest BCUT2D eigenvalue weighted by Gasteiger charge is 2.35. The van der Waals surface area contributed by atoms with E-state index in [2.05, 4.69) is 5.32 Å². The Labute approximate surface area is 283 Å². The third kappa shape index (κ3) is 9.36. The topological polar surface area (TPSA) is 96.0 Å². The largest absolute Gasteiger partial charge is 0.495 e. The fourth-order valence-electron chi connectivity index (χ4n) is 5.24. The molecule has 0 aliphatic heterocycles. The van der Waals surface area contributed by atoms with Crippen LogP contribution in [0.2, 0.25) is 5.02 Å². The molecule has 0 fully saturated rings. The number of amides is 2. The van der Waals surface area contributed by atoms with Gasteiger partial charge >= 0.3 is 0 Å². The maximum absolute atomic E-state index is 14.6. The molecule has 0 radical (unpaired) electrons. The second-order valence-electron chi connectivity index (χ2n) is 11.5. The smallest absolute Gasteiger partial charge is 0.264 e. The SMILES string of the molecule is CCCCNC(=O)[C@@H](Cc1ccccc1)N(Cc1cccc(C)c1)C(=O)CN(c1ccc(OC)c(Cl)c1)S(=O)(=O)c1ccc(C)cc1. The van der Waals surface area contributed by atoms with E-state index >= 15 is 0 Å². The number of sulfonamides is 1. The summed E-state index contributed by atoms with van der Waals surface area (Å²) >= 11 is 6.46. The molecule has 0 heterocycles. The molecule has 0 saturated heterocycles. The number of nitrogens with zero attached hydrogens (tertiary/aromatic N) is 2. The van der Waals surface area contributed by atoms with Gasteiger partial charge in [-0.1, -0.05) is 103 Å². The number of hydrogen-bond acceptors (Lipinski definition) is 5. The zero-order valence-corrected chi connectivity index (χ0v) is 28.9. The molecule has 0 saturated carbocycles. The van der Waals surface area contributed by atoms with Crippen LogP contribution in [-0.4, -0.2) is 51.4 Å². The summed E-state index contributed by atoms with van der Waals surface area (Å²) in [4.78, 5) is 30.0. The third-order valence-electron chi connectivity index (χ3n) is 7.85. The maximum Gasteiger partial charge on any atom is 0.264 e. The lowest BCUT2D eigenvalue weighted by atomic mass is 10.0. The van der Waals surface area contributed by atoms with Crippen molar-refractivity contribution < 1.29 is 22.7 Å². The number of carbonyl (C=O) groups excluding carboxylic acids is 2. The number of hydrogen-bond donors (Lipinski definition) is 1. The van der Waals surface area contributed by atoms with Crippen LogP contribution in [0.25, 0.3) is 0 Å². The Morgan fingerprint density at radius 2 is 1.57 bits per heavy atom. The van der Waals surface area contributed by atoms with E-state index in [1.165, 1.54) is 30.2 Å². The van der Waals surface area contributed by atoms with Crippen molar-refractivity contribution in [2.24, 2.45) is 0 Å². The summed E-state index contributed by atoms with van der Waals surface area (Å²) in [6.45, 7) is 5.85. The number of nitrogens with one attached hydrogen (secondary N) is 1. The standard InChI is InChI=1S/C37H42ClN3O5S/c1-5-6-21-39-37(43)34(23-29-12-8-7-9-13-29)40(25-30-14-10-11-28(3)22-30)36(42)26-41(31-17-20-35(46-4)33(38)24-31)47(44,45)32-18-15-27(2)16-19-32/h7-20,22,24,34H,5-6,21,23,25-26H2,1-4H3,(H,39,43)/t34-/m1/s1. The van der Waals surface area contributed by atoms with Gasteiger partial charge in [-0.3, -0.25) is 13.9 Å². The number of halogens is 1. The Hall–Kier alpha value is -4.34. The molecular formula is C37H42ClN3O5S. The van der Waals surface area contributed by atoms with Crippen LogP contribution in [0.4, 0.5) is 5.69 Å². The quantitative estimate of drug-likeness (QED) is 0.141. The number of ether oxygens (including phenoxy) is 1. The van der Waals surface area contributed by atoms with Gasteiger partial charge in [0.05, 0.1) is 22.7 Å². The minimum absolute atomic E-state index is 0.0196. The second kappa shape index (κ2) is 16.5. The molecule has 248 valence electrons. The minimum Gasteiger partial charge on any atom is -0.495 e. The Morgan fingerprint density at radius 3 is 2.21 bits per heavy atom. The van der Waals surface area contributed by atoms with E-state index in [4.69, 9.17) is 16.3 Å². The van der Waals surface area contributed by atoms with Crippen LogP contribution in [0.1, 0.15) is 42.0 Å². The molecule has 8 nitrogen and oxygen atoms in total. The van der Waals surface area contributed by atoms with Crippen LogP contribution in [0.15, 0.2) is 102 Å². The average molecular weight is 676 g/mol. The summed E-state index contributed by atoms with van der Waals surface area (Å²) in [6.07, 6.45) is 1.93. The molecule has 0 unspecified atom stereocenters. The fourth-order valence-corrected chi connectivity index (χ4v) is 6.90. The van der Waals surface area contributed by atoms with Gasteiger partial charge in [0.25, 0.3) is 10.0 Å². The van der Waals surface area contributed by atoms with Gasteiger partial charge in [0.2, 0.25) is 11.8 Å². The van der Waals surface area contributed by atoms with Gasteiger partial charge in [-0.15, -0.1) is 0 Å². The van der Waals surface area contributed by atoms with Crippen molar-refractivity contribution in [2.75, 3.05) is 24.5 Å². The number of anilines is 1. The van der Waals surface area contributed by atoms with Gasteiger partial charge in [0.15, 0.2) is 0 Å². The first-order chi connectivity index (χ1) is 22.5. The molecule has 2 amide bonds. The van der Waals surface area contributed by atoms with Crippen molar-refractivity contribution in [3.05, 3.63) is 124 Å². The predicted molar refractivity (Wildman–Crippen MR) is 187 cm³/mol. The molecular weight excluding hydrogens is 634 g/mol. The van der Waals surface area contributed by atoms with Crippen molar-refractivity contribution in [1.82, 2.24) is 10.2 Å². The molecule has 4 aromatic carbocycles. The van der Waals surface area contributed by atoms with Crippen LogP contribution in [0, 0.1) is 13.8 Å². The number of carbonyl (C=O) groups is 2. The monoisotopic (exact) mass is 675 g/mol. The number of benzene rings is 4. The number of aryl methyl sites for hydroxylation is 2. The lowest BCUT2D eigenvalue weighted by molar-refractivity contribution is -0.140. The number of unbranched alkanes of at least 4 members (excludes halogenated alkanes) is 1. The first kappa shape index (κ1) is 35.5. The Bertz CT molecular complexity index is 1760. The van der Waals surface area contributed by atoms with Gasteiger partial charge in [-0.05, 0) is 61.7 Å². The molecule has 4 aromatic rings. The van der Waals surface area contributed by atoms with E-state index in [0.29, 0.717) is 12.3 Å². The summed E-state index contributed by atoms with van der Waals surface area (Å²) in [5, 5.41) is 3.20. The Kier molecular flexibility index (Phi) is 12.4. The molecule has 0 aliphatic rings. The Balaban J connectivity index is 1.81. The maximum atomic E-state index is 14.6. The van der Waals surface area contributed by atoms with Crippen LogP contribution < -0.4 is 14.4 Å². The van der Waals surface area contributed by atoms with Gasteiger partial charge in [-0.25, -0.2) is 8.42 Å². The van der Waals surface area contributed by atoms with E-state index in [1.807, 2.05) is 75.4 Å². The number of methoxy groups -OCH3 is 1. The van der Waals surface area contributed by atoms with Crippen LogP contribution in [0.3, 0.4) is 0 Å². The van der Waals surface area contributed by atoms with Crippen molar-refractivity contribution >= 4 is 39.1 Å². The van der Waals surface area contributed by atoms with Crippen molar-refractivity contribution in [3.8, 4) is 5.75 Å². The van der Waals surface area contributed by atoms with Crippen molar-refractivity contribution in [1.29, 1.82) is 0 Å². The summed E-state index contributed by atoms with van der Waals surface area (Å²) < 4.78 is 34.8. The molecule has 0 bridgehead atoms. The number of rotatable bonds is 15. The van der Waals surface area contributed by atoms with Crippen LogP contribution >= 0.6 is 11.6 Å². The van der Waals surface area contributed by atoms with E-state index in [1.54, 1.807) is 24.3 Å². The molecule has 1 atom stereocenters. The average Bonchev–Trinajstić information content (AvgIpc) is 3.05. The summed E-state index contributed by atoms with van der Waals surface area (Å²) in [5.41, 5.74) is 3.77. The fraction of sp³-hybridized carbons (Fsp3) is 0.297. The lowest BCUT2D eigenvalue weighted by Gasteiger charge is -2.34. The molecule has 0 aromatic heterocycles. The molecule has 4 rings (SSSR count). The minimum atomic E-state index is -4.25. The highest BCUT2D eigenvalue weighted by atomic mass is 35.5. The molecule has 0 aliphatic carbocycles. The van der Waals surface area contributed by atoms with Crippen molar-refractivity contribution in [3.63, 3.8) is 0 Å². The van der Waals surface area contributed by atoms with Gasteiger partial charge in [0, 0.05) is 19.5 Å². The Morgan fingerprint density at radius 1 is 0.872 bits per heavy atom. The van der Waals surface area contributed by atoms with Gasteiger partial charge in [-0.2, -0.15) is 0 Å². The van der Waals surface area contributed by atoms with E-state index in [-0.39, 0.29) is 34.5 Å². The zero-order valence-electron chi connectivity index (χ0n) is 27.3. The van der Waals surface area contributed by atoms with Gasteiger partial charge < -0.3 is 15.0 Å². The van der Waals surface area contributed by atoms with Crippen LogP contribution in [0.5, 0.6) is 5.75 Å². The third-order valence-corrected chi connectivity index (χ3v) is 9.93. The van der Waals surface area contributed by atoms with Crippen LogP contribution in [-0.2, 0) is 32.6 Å². The summed E-state index contributed by atoms with van der Waals surface area (Å²) in [5.74, 6) is -0.480. The van der Waals surface area contributed by atoms with E-state index in [9.17, 15) is 18.0 Å². The highest BCUT2D eigenvalue weighted by Crippen LogP contribution is 2.32. The summed E-state index contributed by atoms with van der Waals surface area (Å²) in [7, 11) is -2.79. The molecule has 10 heteroatoms. The first-order valence-electron chi connectivity index (χ1n) is 15.6. The molecule has 0 spiro atoms. The first-order valence-corrected chi connectivity index (χ1v) is 17.4. The normalized spacial score (nSPS) is 11.9. The lowest BCUT2D eigenvalue weighted by Crippen LogP contribution is -2.53. The zero-order chi connectivity index (χ0) is 34.0. The van der Waals surface area contributed by atoms with E-state index in [0.717, 1.165) is 39.4 Å².